The van der Waals surface area contributed by atoms with E-state index >= 15 is 0 Å². The van der Waals surface area contributed by atoms with Gasteiger partial charge in [-0.2, -0.15) is 0 Å². The molecule has 1 aromatic carbocycles. The molecule has 0 aliphatic heterocycles. The Bertz CT molecular complexity index is 372. The summed E-state index contributed by atoms with van der Waals surface area (Å²) in [7, 11) is 1.75. The Kier molecular flexibility index (Phi) is 2.74. The standard InChI is InChI=1S/C12H15F2N/c1-7-3-6-9(13)10(11(7)14)12(15-2)8-4-5-8/h3,6,8,12,15H,4-5H2,1-2H3. The van der Waals surface area contributed by atoms with Crippen molar-refractivity contribution >= 4 is 0 Å². The first-order valence-corrected chi connectivity index (χ1v) is 5.27. The monoisotopic (exact) mass is 211 g/mol. The number of hydrogen-bond donors (Lipinski definition) is 1. The molecule has 82 valence electrons. The van der Waals surface area contributed by atoms with Crippen LogP contribution in [0.25, 0.3) is 0 Å². The van der Waals surface area contributed by atoms with Crippen LogP contribution in [-0.4, -0.2) is 7.05 Å². The smallest absolute Gasteiger partial charge is 0.133 e. The molecule has 3 heteroatoms. The van der Waals surface area contributed by atoms with E-state index in [0.717, 1.165) is 12.8 Å². The van der Waals surface area contributed by atoms with Gasteiger partial charge in [0.15, 0.2) is 0 Å². The third-order valence-electron chi connectivity index (χ3n) is 3.04. The van der Waals surface area contributed by atoms with E-state index < -0.39 is 11.6 Å². The van der Waals surface area contributed by atoms with E-state index in [1.165, 1.54) is 12.1 Å². The van der Waals surface area contributed by atoms with Crippen molar-refractivity contribution in [2.75, 3.05) is 7.05 Å². The average Bonchev–Trinajstić information content (AvgIpc) is 3.02. The van der Waals surface area contributed by atoms with Crippen molar-refractivity contribution < 1.29 is 8.78 Å². The summed E-state index contributed by atoms with van der Waals surface area (Å²) in [5, 5.41) is 3.01. The van der Waals surface area contributed by atoms with Gasteiger partial charge in [0.25, 0.3) is 0 Å². The van der Waals surface area contributed by atoms with Gasteiger partial charge in [-0.25, -0.2) is 8.78 Å². The molecule has 1 saturated carbocycles. The van der Waals surface area contributed by atoms with Crippen LogP contribution in [0.4, 0.5) is 8.78 Å². The molecule has 0 heterocycles. The first kappa shape index (κ1) is 10.6. The Balaban J connectivity index is 2.44. The van der Waals surface area contributed by atoms with Crippen LogP contribution < -0.4 is 5.32 Å². The average molecular weight is 211 g/mol. The maximum absolute atomic E-state index is 13.8. The van der Waals surface area contributed by atoms with Gasteiger partial charge >= 0.3 is 0 Å². The molecule has 15 heavy (non-hydrogen) atoms. The van der Waals surface area contributed by atoms with Crippen LogP contribution in [0.3, 0.4) is 0 Å². The maximum Gasteiger partial charge on any atom is 0.133 e. The molecule has 1 unspecified atom stereocenters. The molecule has 0 amide bonds. The minimum atomic E-state index is -0.440. The highest BCUT2D eigenvalue weighted by molar-refractivity contribution is 5.30. The fourth-order valence-corrected chi connectivity index (χ4v) is 2.01. The number of benzene rings is 1. The predicted octanol–water partition coefficient (Wildman–Crippen LogP) is 2.94. The van der Waals surface area contributed by atoms with Gasteiger partial charge in [-0.1, -0.05) is 6.07 Å². The number of hydrogen-bond acceptors (Lipinski definition) is 1. The summed E-state index contributed by atoms with van der Waals surface area (Å²) >= 11 is 0. The molecule has 1 atom stereocenters. The molecule has 1 aliphatic carbocycles. The fraction of sp³-hybridized carbons (Fsp3) is 0.500. The second-order valence-corrected chi connectivity index (χ2v) is 4.20. The van der Waals surface area contributed by atoms with Crippen LogP contribution in [0.5, 0.6) is 0 Å². The summed E-state index contributed by atoms with van der Waals surface area (Å²) in [4.78, 5) is 0. The summed E-state index contributed by atoms with van der Waals surface area (Å²) in [6, 6.07) is 2.65. The minimum absolute atomic E-state index is 0.176. The summed E-state index contributed by atoms with van der Waals surface area (Å²) in [6.45, 7) is 1.66. The second-order valence-electron chi connectivity index (χ2n) is 4.20. The summed E-state index contributed by atoms with van der Waals surface area (Å²) in [6.07, 6.45) is 2.11. The van der Waals surface area contributed by atoms with Crippen LogP contribution in [0.15, 0.2) is 12.1 Å². The molecule has 0 bridgehead atoms. The first-order valence-electron chi connectivity index (χ1n) is 5.27. The van der Waals surface area contributed by atoms with Gasteiger partial charge in [0, 0.05) is 11.6 Å². The van der Waals surface area contributed by atoms with Crippen molar-refractivity contribution in [3.8, 4) is 0 Å². The Morgan fingerprint density at radius 1 is 1.33 bits per heavy atom. The lowest BCUT2D eigenvalue weighted by atomic mass is 9.99. The molecule has 1 nitrogen and oxygen atoms in total. The van der Waals surface area contributed by atoms with Crippen molar-refractivity contribution in [1.29, 1.82) is 0 Å². The molecular formula is C12H15F2N. The van der Waals surface area contributed by atoms with E-state index in [1.54, 1.807) is 14.0 Å². The van der Waals surface area contributed by atoms with Crippen molar-refractivity contribution in [2.45, 2.75) is 25.8 Å². The van der Waals surface area contributed by atoms with E-state index in [2.05, 4.69) is 5.32 Å². The molecular weight excluding hydrogens is 196 g/mol. The minimum Gasteiger partial charge on any atom is -0.313 e. The van der Waals surface area contributed by atoms with Gasteiger partial charge < -0.3 is 5.32 Å². The molecule has 1 fully saturated rings. The zero-order chi connectivity index (χ0) is 11.0. The summed E-state index contributed by atoms with van der Waals surface area (Å²) < 4.78 is 27.4. The van der Waals surface area contributed by atoms with Crippen LogP contribution in [0.1, 0.15) is 30.0 Å². The van der Waals surface area contributed by atoms with E-state index in [0.29, 0.717) is 11.5 Å². The van der Waals surface area contributed by atoms with Gasteiger partial charge in [-0.05, 0) is 44.4 Å². The quantitative estimate of drug-likeness (QED) is 0.810. The van der Waals surface area contributed by atoms with Gasteiger partial charge in [0.1, 0.15) is 11.6 Å². The SMILES string of the molecule is CNC(c1c(F)ccc(C)c1F)C1CC1. The maximum atomic E-state index is 13.8. The van der Waals surface area contributed by atoms with Gasteiger partial charge in [0.2, 0.25) is 0 Å². The van der Waals surface area contributed by atoms with Crippen LogP contribution in [0.2, 0.25) is 0 Å². The topological polar surface area (TPSA) is 12.0 Å². The van der Waals surface area contributed by atoms with Gasteiger partial charge in [-0.3, -0.25) is 0 Å². The Labute approximate surface area is 88.5 Å². The lowest BCUT2D eigenvalue weighted by molar-refractivity contribution is 0.456. The first-order chi connectivity index (χ1) is 7.15. The molecule has 0 spiro atoms. The second kappa shape index (κ2) is 3.89. The third kappa shape index (κ3) is 1.88. The van der Waals surface area contributed by atoms with Crippen molar-refractivity contribution in [3.05, 3.63) is 34.9 Å². The lowest BCUT2D eigenvalue weighted by Gasteiger charge is -2.18. The van der Waals surface area contributed by atoms with Gasteiger partial charge in [0.05, 0.1) is 0 Å². The van der Waals surface area contributed by atoms with E-state index in [-0.39, 0.29) is 11.6 Å². The van der Waals surface area contributed by atoms with Crippen molar-refractivity contribution in [1.82, 2.24) is 5.32 Å². The molecule has 1 aliphatic rings. The number of halogens is 2. The largest absolute Gasteiger partial charge is 0.313 e. The van der Waals surface area contributed by atoms with Crippen molar-refractivity contribution in [2.24, 2.45) is 5.92 Å². The molecule has 2 rings (SSSR count). The van der Waals surface area contributed by atoms with E-state index in [1.807, 2.05) is 0 Å². The predicted molar refractivity (Wildman–Crippen MR) is 55.6 cm³/mol. The summed E-state index contributed by atoms with van der Waals surface area (Å²) in [5.41, 5.74) is 0.715. The summed E-state index contributed by atoms with van der Waals surface area (Å²) in [5.74, 6) is -0.452. The number of rotatable bonds is 3. The Morgan fingerprint density at radius 3 is 2.53 bits per heavy atom. The Morgan fingerprint density at radius 2 is 2.00 bits per heavy atom. The van der Waals surface area contributed by atoms with E-state index in [4.69, 9.17) is 0 Å². The van der Waals surface area contributed by atoms with Crippen LogP contribution in [0, 0.1) is 24.5 Å². The van der Waals surface area contributed by atoms with E-state index in [9.17, 15) is 8.78 Å². The molecule has 1 N–H and O–H groups in total. The highest BCUT2D eigenvalue weighted by atomic mass is 19.1. The third-order valence-corrected chi connectivity index (χ3v) is 3.04. The Hall–Kier alpha value is -0.960. The van der Waals surface area contributed by atoms with Crippen molar-refractivity contribution in [3.63, 3.8) is 0 Å². The zero-order valence-electron chi connectivity index (χ0n) is 8.98. The number of aryl methyl sites for hydroxylation is 1. The lowest BCUT2D eigenvalue weighted by Crippen LogP contribution is -2.21. The fourth-order valence-electron chi connectivity index (χ4n) is 2.01. The molecule has 0 radical (unpaired) electrons. The normalized spacial score (nSPS) is 17.9. The molecule has 0 saturated heterocycles. The zero-order valence-corrected chi connectivity index (χ0v) is 8.98. The van der Waals surface area contributed by atoms with Crippen LogP contribution >= 0.6 is 0 Å². The highest BCUT2D eigenvalue weighted by Crippen LogP contribution is 2.42. The number of nitrogens with one attached hydrogen (secondary N) is 1. The van der Waals surface area contributed by atoms with Crippen LogP contribution in [-0.2, 0) is 0 Å². The van der Waals surface area contributed by atoms with Gasteiger partial charge in [-0.15, -0.1) is 0 Å². The molecule has 1 aromatic rings. The highest BCUT2D eigenvalue weighted by Gasteiger charge is 2.34. The molecule has 0 aromatic heterocycles.